The largest absolute Gasteiger partial charge is 0.452 e. The maximum atomic E-state index is 12.0. The second kappa shape index (κ2) is 7.35. The van der Waals surface area contributed by atoms with Crippen LogP contribution in [-0.4, -0.2) is 38.7 Å². The topological polar surface area (TPSA) is 99.0 Å². The number of aromatic nitrogens is 4. The molecule has 0 radical (unpaired) electrons. The summed E-state index contributed by atoms with van der Waals surface area (Å²) in [5.41, 5.74) is 2.73. The van der Waals surface area contributed by atoms with Gasteiger partial charge in [0.15, 0.2) is 6.61 Å². The normalized spacial score (nSPS) is 10.3. The summed E-state index contributed by atoms with van der Waals surface area (Å²) in [7, 11) is 0. The Bertz CT molecular complexity index is 876. The molecule has 0 saturated carbocycles. The number of tetrazole rings is 1. The van der Waals surface area contributed by atoms with Gasteiger partial charge in [0, 0.05) is 5.69 Å². The molecule has 0 fully saturated rings. The van der Waals surface area contributed by atoms with Gasteiger partial charge in [-0.3, -0.25) is 4.79 Å². The van der Waals surface area contributed by atoms with Crippen molar-refractivity contribution in [1.82, 2.24) is 20.2 Å². The standard InChI is InChI=1S/C17H15N5O3/c1-12-3-2-4-14(9-12)19-16(23)10-25-17(24)13-5-7-15(8-6-13)22-11-18-20-21-22/h2-9,11H,10H2,1H3,(H,19,23). The highest BCUT2D eigenvalue weighted by Gasteiger charge is 2.11. The first-order valence-corrected chi connectivity index (χ1v) is 7.49. The molecule has 0 aliphatic carbocycles. The fraction of sp³-hybridized carbons (Fsp3) is 0.118. The Kier molecular flexibility index (Phi) is 4.79. The van der Waals surface area contributed by atoms with Gasteiger partial charge in [-0.1, -0.05) is 12.1 Å². The minimum absolute atomic E-state index is 0.334. The van der Waals surface area contributed by atoms with Crippen molar-refractivity contribution in [1.29, 1.82) is 0 Å². The molecule has 1 aromatic heterocycles. The number of hydrogen-bond donors (Lipinski definition) is 1. The Morgan fingerprint density at radius 1 is 1.16 bits per heavy atom. The van der Waals surface area contributed by atoms with Gasteiger partial charge in [0.25, 0.3) is 5.91 Å². The van der Waals surface area contributed by atoms with Crippen molar-refractivity contribution in [2.75, 3.05) is 11.9 Å². The Labute approximate surface area is 143 Å². The maximum absolute atomic E-state index is 12.0. The van der Waals surface area contributed by atoms with E-state index in [9.17, 15) is 9.59 Å². The number of nitrogens with zero attached hydrogens (tertiary/aromatic N) is 4. The number of aryl methyl sites for hydroxylation is 1. The maximum Gasteiger partial charge on any atom is 0.338 e. The van der Waals surface area contributed by atoms with E-state index < -0.39 is 11.9 Å². The van der Waals surface area contributed by atoms with Crippen LogP contribution in [0.2, 0.25) is 0 Å². The molecule has 8 nitrogen and oxygen atoms in total. The minimum Gasteiger partial charge on any atom is -0.452 e. The lowest BCUT2D eigenvalue weighted by Crippen LogP contribution is -2.21. The molecule has 1 N–H and O–H groups in total. The monoisotopic (exact) mass is 337 g/mol. The van der Waals surface area contributed by atoms with Gasteiger partial charge in [0.2, 0.25) is 0 Å². The third-order valence-corrected chi connectivity index (χ3v) is 3.35. The van der Waals surface area contributed by atoms with Gasteiger partial charge in [0.05, 0.1) is 11.3 Å². The number of nitrogens with one attached hydrogen (secondary N) is 1. The van der Waals surface area contributed by atoms with E-state index in [0.717, 1.165) is 5.56 Å². The first-order valence-electron chi connectivity index (χ1n) is 7.49. The molecular formula is C17H15N5O3. The summed E-state index contributed by atoms with van der Waals surface area (Å²) in [6.45, 7) is 1.57. The van der Waals surface area contributed by atoms with Crippen molar-refractivity contribution in [2.45, 2.75) is 6.92 Å². The van der Waals surface area contributed by atoms with Gasteiger partial charge >= 0.3 is 5.97 Å². The van der Waals surface area contributed by atoms with E-state index in [1.54, 1.807) is 30.3 Å². The van der Waals surface area contributed by atoms with Gasteiger partial charge in [0.1, 0.15) is 6.33 Å². The number of hydrogen-bond acceptors (Lipinski definition) is 6. The summed E-state index contributed by atoms with van der Waals surface area (Å²) in [6, 6.07) is 13.9. The van der Waals surface area contributed by atoms with Crippen molar-refractivity contribution in [2.24, 2.45) is 0 Å². The molecule has 3 aromatic rings. The summed E-state index contributed by atoms with van der Waals surface area (Å²) in [6.07, 6.45) is 1.45. The van der Waals surface area contributed by atoms with E-state index in [1.807, 2.05) is 25.1 Å². The van der Waals surface area contributed by atoms with Gasteiger partial charge in [-0.05, 0) is 59.3 Å². The number of amides is 1. The van der Waals surface area contributed by atoms with Crippen LogP contribution in [0.5, 0.6) is 0 Å². The lowest BCUT2D eigenvalue weighted by Gasteiger charge is -2.07. The second-order valence-electron chi connectivity index (χ2n) is 5.30. The van der Waals surface area contributed by atoms with Crippen LogP contribution in [0.15, 0.2) is 54.9 Å². The zero-order valence-corrected chi connectivity index (χ0v) is 13.4. The Morgan fingerprint density at radius 2 is 1.96 bits per heavy atom. The number of ether oxygens (including phenoxy) is 1. The SMILES string of the molecule is Cc1cccc(NC(=O)COC(=O)c2ccc(-n3cnnn3)cc2)c1. The molecule has 25 heavy (non-hydrogen) atoms. The Morgan fingerprint density at radius 3 is 2.64 bits per heavy atom. The molecule has 2 aromatic carbocycles. The van der Waals surface area contributed by atoms with Crippen LogP contribution in [0.4, 0.5) is 5.69 Å². The highest BCUT2D eigenvalue weighted by molar-refractivity contribution is 5.95. The highest BCUT2D eigenvalue weighted by atomic mass is 16.5. The van der Waals surface area contributed by atoms with Gasteiger partial charge in [-0.15, -0.1) is 5.10 Å². The van der Waals surface area contributed by atoms with Crippen molar-refractivity contribution >= 4 is 17.6 Å². The van der Waals surface area contributed by atoms with Gasteiger partial charge in [-0.25, -0.2) is 9.48 Å². The van der Waals surface area contributed by atoms with Crippen molar-refractivity contribution in [3.05, 3.63) is 66.0 Å². The molecule has 8 heteroatoms. The van der Waals surface area contributed by atoms with Crippen molar-refractivity contribution < 1.29 is 14.3 Å². The summed E-state index contributed by atoms with van der Waals surface area (Å²) < 4.78 is 6.49. The van der Waals surface area contributed by atoms with Crippen LogP contribution in [0.25, 0.3) is 5.69 Å². The minimum atomic E-state index is -0.581. The molecule has 126 valence electrons. The molecular weight excluding hydrogens is 322 g/mol. The third kappa shape index (κ3) is 4.25. The quantitative estimate of drug-likeness (QED) is 0.712. The number of benzene rings is 2. The second-order valence-corrected chi connectivity index (χ2v) is 5.30. The van der Waals surface area contributed by atoms with E-state index in [2.05, 4.69) is 20.8 Å². The lowest BCUT2D eigenvalue weighted by molar-refractivity contribution is -0.119. The number of anilines is 1. The average Bonchev–Trinajstić information content (AvgIpc) is 3.14. The molecule has 0 aliphatic heterocycles. The van der Waals surface area contributed by atoms with Crippen LogP contribution in [0.3, 0.4) is 0 Å². The van der Waals surface area contributed by atoms with Crippen molar-refractivity contribution in [3.8, 4) is 5.69 Å². The molecule has 0 aliphatic rings. The molecule has 0 unspecified atom stereocenters. The molecule has 3 rings (SSSR count). The molecule has 1 heterocycles. The first-order chi connectivity index (χ1) is 12.1. The smallest absolute Gasteiger partial charge is 0.338 e. The number of carbonyl (C=O) groups is 2. The fourth-order valence-corrected chi connectivity index (χ4v) is 2.16. The van der Waals surface area contributed by atoms with Gasteiger partial charge < -0.3 is 10.1 Å². The molecule has 0 spiro atoms. The summed E-state index contributed by atoms with van der Waals surface area (Å²) in [5, 5.41) is 13.5. The van der Waals surface area contributed by atoms with Gasteiger partial charge in [-0.2, -0.15) is 0 Å². The van der Waals surface area contributed by atoms with Crippen LogP contribution in [-0.2, 0) is 9.53 Å². The predicted octanol–water partition coefficient (Wildman–Crippen LogP) is 1.77. The summed E-state index contributed by atoms with van der Waals surface area (Å²) in [4.78, 5) is 23.9. The van der Waals surface area contributed by atoms with Crippen LogP contribution in [0, 0.1) is 6.92 Å². The van der Waals surface area contributed by atoms with Crippen LogP contribution < -0.4 is 5.32 Å². The van der Waals surface area contributed by atoms with E-state index in [-0.39, 0.29) is 6.61 Å². The van der Waals surface area contributed by atoms with E-state index in [0.29, 0.717) is 16.9 Å². The molecule has 0 saturated heterocycles. The average molecular weight is 337 g/mol. The van der Waals surface area contributed by atoms with Crippen LogP contribution in [0.1, 0.15) is 15.9 Å². The fourth-order valence-electron chi connectivity index (χ4n) is 2.16. The highest BCUT2D eigenvalue weighted by Crippen LogP contribution is 2.10. The first kappa shape index (κ1) is 16.3. The van der Waals surface area contributed by atoms with Crippen molar-refractivity contribution in [3.63, 3.8) is 0 Å². The summed E-state index contributed by atoms with van der Waals surface area (Å²) >= 11 is 0. The zero-order valence-electron chi connectivity index (χ0n) is 13.4. The zero-order chi connectivity index (χ0) is 17.6. The predicted molar refractivity (Wildman–Crippen MR) is 89.2 cm³/mol. The Balaban J connectivity index is 1.54. The molecule has 1 amide bonds. The Hall–Kier alpha value is -3.55. The summed E-state index contributed by atoms with van der Waals surface area (Å²) in [5.74, 6) is -0.980. The number of carbonyl (C=O) groups excluding carboxylic acids is 2. The van der Waals surface area contributed by atoms with E-state index in [1.165, 1.54) is 11.0 Å². The third-order valence-electron chi connectivity index (χ3n) is 3.35. The van der Waals surface area contributed by atoms with Crippen LogP contribution >= 0.6 is 0 Å². The van der Waals surface area contributed by atoms with E-state index >= 15 is 0 Å². The number of rotatable bonds is 5. The molecule has 0 bridgehead atoms. The van der Waals surface area contributed by atoms with E-state index in [4.69, 9.17) is 4.74 Å². The number of esters is 1. The molecule has 0 atom stereocenters. The lowest BCUT2D eigenvalue weighted by atomic mass is 10.2.